The minimum Gasteiger partial charge on any atom is -0.352 e. The Kier molecular flexibility index (Phi) is 9.79. The number of rotatable bonds is 4. The molecule has 0 aliphatic carbocycles. The van der Waals surface area contributed by atoms with Crippen LogP contribution >= 0.6 is 24.8 Å². The third-order valence-corrected chi connectivity index (χ3v) is 3.91. The highest BCUT2D eigenvalue weighted by Gasteiger charge is 2.22. The van der Waals surface area contributed by atoms with Gasteiger partial charge >= 0.3 is 0 Å². The van der Waals surface area contributed by atoms with Gasteiger partial charge in [-0.25, -0.2) is 0 Å². The molecule has 2 N–H and O–H groups in total. The molecular weight excluding hydrogens is 285 g/mol. The number of nitrogens with one attached hydrogen (secondary N) is 2. The van der Waals surface area contributed by atoms with Crippen LogP contribution in [0.3, 0.4) is 0 Å². The lowest BCUT2D eigenvalue weighted by Crippen LogP contribution is -2.48. The Morgan fingerprint density at radius 3 is 2.74 bits per heavy atom. The summed E-state index contributed by atoms with van der Waals surface area (Å²) in [6.07, 6.45) is 5.37. The molecule has 4 nitrogen and oxygen atoms in total. The lowest BCUT2D eigenvalue weighted by atomic mass is 10.0. The number of hydrogen-bond acceptors (Lipinski definition) is 3. The zero-order valence-electron chi connectivity index (χ0n) is 11.7. The summed E-state index contributed by atoms with van der Waals surface area (Å²) in [5, 5.41) is 6.56. The molecular formula is C13H27Cl2N3O. The van der Waals surface area contributed by atoms with Crippen LogP contribution in [-0.4, -0.2) is 49.1 Å². The molecule has 0 aromatic rings. The van der Waals surface area contributed by atoms with Crippen LogP contribution in [0, 0.1) is 0 Å². The summed E-state index contributed by atoms with van der Waals surface area (Å²) in [5.74, 6) is 0.229. The number of nitrogens with zero attached hydrogens (tertiary/aromatic N) is 1. The number of hydrogen-bond donors (Lipinski definition) is 2. The van der Waals surface area contributed by atoms with Crippen molar-refractivity contribution < 1.29 is 4.79 Å². The van der Waals surface area contributed by atoms with Crippen LogP contribution in [0.4, 0.5) is 0 Å². The normalized spacial score (nSPS) is 27.2. The molecule has 114 valence electrons. The second-order valence-electron chi connectivity index (χ2n) is 5.30. The highest BCUT2D eigenvalue weighted by atomic mass is 35.5. The monoisotopic (exact) mass is 311 g/mol. The van der Waals surface area contributed by atoms with Crippen LogP contribution < -0.4 is 10.6 Å². The van der Waals surface area contributed by atoms with Gasteiger partial charge in [0.1, 0.15) is 0 Å². The second kappa shape index (κ2) is 9.81. The highest BCUT2D eigenvalue weighted by Crippen LogP contribution is 2.11. The van der Waals surface area contributed by atoms with Gasteiger partial charge in [0.25, 0.3) is 0 Å². The van der Waals surface area contributed by atoms with Gasteiger partial charge in [-0.3, -0.25) is 4.79 Å². The molecule has 0 spiro atoms. The Morgan fingerprint density at radius 2 is 2.11 bits per heavy atom. The first-order valence-corrected chi connectivity index (χ1v) is 7.03. The average Bonchev–Trinajstić information content (AvgIpc) is 2.82. The minimum absolute atomic E-state index is 0. The average molecular weight is 312 g/mol. The van der Waals surface area contributed by atoms with E-state index in [2.05, 4.69) is 22.5 Å². The smallest absolute Gasteiger partial charge is 0.221 e. The highest BCUT2D eigenvalue weighted by molar-refractivity contribution is 5.85. The van der Waals surface area contributed by atoms with E-state index in [-0.39, 0.29) is 30.7 Å². The summed E-state index contributed by atoms with van der Waals surface area (Å²) in [7, 11) is 0. The molecule has 2 fully saturated rings. The third kappa shape index (κ3) is 6.30. The molecule has 2 atom stereocenters. The third-order valence-electron chi connectivity index (χ3n) is 3.91. The van der Waals surface area contributed by atoms with Crippen molar-refractivity contribution in [3.05, 3.63) is 0 Å². The number of amides is 1. The molecule has 2 aliphatic rings. The maximum absolute atomic E-state index is 11.9. The Bertz CT molecular complexity index is 260. The van der Waals surface area contributed by atoms with Gasteiger partial charge in [0.2, 0.25) is 5.91 Å². The van der Waals surface area contributed by atoms with Crippen molar-refractivity contribution in [1.82, 2.24) is 15.5 Å². The van der Waals surface area contributed by atoms with Gasteiger partial charge in [-0.15, -0.1) is 24.8 Å². The molecule has 0 bridgehead atoms. The fourth-order valence-electron chi connectivity index (χ4n) is 2.90. The van der Waals surface area contributed by atoms with Crippen molar-refractivity contribution in [3.8, 4) is 0 Å². The minimum atomic E-state index is 0. The van der Waals surface area contributed by atoms with Crippen LogP contribution in [0.15, 0.2) is 0 Å². The zero-order valence-corrected chi connectivity index (χ0v) is 13.3. The van der Waals surface area contributed by atoms with E-state index in [1.165, 1.54) is 19.4 Å². The molecule has 6 heteroatoms. The van der Waals surface area contributed by atoms with Crippen LogP contribution in [0.25, 0.3) is 0 Å². The lowest BCUT2D eigenvalue weighted by Gasteiger charge is -2.32. The number of likely N-dealkylation sites (N-methyl/N-ethyl adjacent to an activating group) is 1. The molecule has 2 rings (SSSR count). The number of piperidine rings is 1. The van der Waals surface area contributed by atoms with E-state index < -0.39 is 0 Å². The summed E-state index contributed by atoms with van der Waals surface area (Å²) in [4.78, 5) is 14.3. The van der Waals surface area contributed by atoms with Crippen molar-refractivity contribution in [1.29, 1.82) is 0 Å². The second-order valence-corrected chi connectivity index (χ2v) is 5.30. The first kappa shape index (κ1) is 19.0. The molecule has 0 aromatic carbocycles. The SMILES string of the molecule is CCN1CCCC(NC(=O)CC2CCCN2)C1.Cl.Cl. The fourth-order valence-corrected chi connectivity index (χ4v) is 2.90. The van der Waals surface area contributed by atoms with Crippen LogP contribution in [0.2, 0.25) is 0 Å². The van der Waals surface area contributed by atoms with Crippen LogP contribution in [0.1, 0.15) is 39.0 Å². The summed E-state index contributed by atoms with van der Waals surface area (Å²) in [6.45, 7) is 6.57. The van der Waals surface area contributed by atoms with Gasteiger partial charge in [-0.1, -0.05) is 6.92 Å². The van der Waals surface area contributed by atoms with Gasteiger partial charge in [-0.2, -0.15) is 0 Å². The van der Waals surface area contributed by atoms with E-state index in [1.54, 1.807) is 0 Å². The molecule has 0 aromatic heterocycles. The molecule has 19 heavy (non-hydrogen) atoms. The maximum Gasteiger partial charge on any atom is 0.221 e. The molecule has 2 heterocycles. The van der Waals surface area contributed by atoms with Gasteiger partial charge in [0.05, 0.1) is 0 Å². The van der Waals surface area contributed by atoms with E-state index in [0.29, 0.717) is 18.5 Å². The molecule has 2 unspecified atom stereocenters. The molecule has 2 saturated heterocycles. The number of likely N-dealkylation sites (tertiary alicyclic amines) is 1. The predicted octanol–water partition coefficient (Wildman–Crippen LogP) is 1.57. The van der Waals surface area contributed by atoms with Gasteiger partial charge in [-0.05, 0) is 45.3 Å². The van der Waals surface area contributed by atoms with E-state index in [1.807, 2.05) is 0 Å². The first-order chi connectivity index (χ1) is 8.28. The summed E-state index contributed by atoms with van der Waals surface area (Å²) >= 11 is 0. The maximum atomic E-state index is 11.9. The van der Waals surface area contributed by atoms with Crippen molar-refractivity contribution in [2.45, 2.75) is 51.1 Å². The number of halogens is 2. The van der Waals surface area contributed by atoms with Gasteiger partial charge < -0.3 is 15.5 Å². The van der Waals surface area contributed by atoms with E-state index in [0.717, 1.165) is 32.5 Å². The summed E-state index contributed by atoms with van der Waals surface area (Å²) in [6, 6.07) is 0.790. The lowest BCUT2D eigenvalue weighted by molar-refractivity contribution is -0.122. The molecule has 1 amide bonds. The Labute approximate surface area is 128 Å². The van der Waals surface area contributed by atoms with Gasteiger partial charge in [0, 0.05) is 25.0 Å². The Hall–Kier alpha value is -0.0300. The van der Waals surface area contributed by atoms with E-state index in [9.17, 15) is 4.79 Å². The zero-order chi connectivity index (χ0) is 12.1. The van der Waals surface area contributed by atoms with E-state index in [4.69, 9.17) is 0 Å². The standard InChI is InChI=1S/C13H25N3O.2ClH/c1-2-16-8-4-6-12(10-16)15-13(17)9-11-5-3-7-14-11;;/h11-12,14H,2-10H2,1H3,(H,15,17);2*1H. The van der Waals surface area contributed by atoms with Crippen LogP contribution in [0.5, 0.6) is 0 Å². The quantitative estimate of drug-likeness (QED) is 0.828. The van der Waals surface area contributed by atoms with Gasteiger partial charge in [0.15, 0.2) is 0 Å². The number of carbonyl (C=O) groups excluding carboxylic acids is 1. The van der Waals surface area contributed by atoms with Crippen molar-refractivity contribution >= 4 is 30.7 Å². The topological polar surface area (TPSA) is 44.4 Å². The molecule has 0 radical (unpaired) electrons. The van der Waals surface area contributed by atoms with Crippen molar-refractivity contribution in [2.24, 2.45) is 0 Å². The first-order valence-electron chi connectivity index (χ1n) is 7.03. The van der Waals surface area contributed by atoms with E-state index >= 15 is 0 Å². The largest absolute Gasteiger partial charge is 0.352 e. The molecule has 0 saturated carbocycles. The van der Waals surface area contributed by atoms with Crippen molar-refractivity contribution in [2.75, 3.05) is 26.2 Å². The summed E-state index contributed by atoms with van der Waals surface area (Å²) < 4.78 is 0. The number of carbonyl (C=O) groups is 1. The summed E-state index contributed by atoms with van der Waals surface area (Å²) in [5.41, 5.74) is 0. The Balaban J connectivity index is 0.00000162. The predicted molar refractivity (Wildman–Crippen MR) is 83.4 cm³/mol. The fraction of sp³-hybridized carbons (Fsp3) is 0.923. The molecule has 2 aliphatic heterocycles. The Morgan fingerprint density at radius 1 is 1.32 bits per heavy atom. The van der Waals surface area contributed by atoms with Crippen LogP contribution in [-0.2, 0) is 4.79 Å². The van der Waals surface area contributed by atoms with Crippen molar-refractivity contribution in [3.63, 3.8) is 0 Å².